The molecule has 1 amide bonds. The minimum Gasteiger partial charge on any atom is -0.479 e. The van der Waals surface area contributed by atoms with E-state index >= 15 is 0 Å². The third kappa shape index (κ3) is 5.18. The van der Waals surface area contributed by atoms with E-state index in [4.69, 9.17) is 4.74 Å². The quantitative estimate of drug-likeness (QED) is 0.823. The largest absolute Gasteiger partial charge is 0.479 e. The molecule has 0 bridgehead atoms. The summed E-state index contributed by atoms with van der Waals surface area (Å²) in [5.74, 6) is 2.21. The Labute approximate surface area is 151 Å². The number of carbonyl (C=O) groups is 1. The first kappa shape index (κ1) is 18.2. The number of aromatic nitrogens is 1. The summed E-state index contributed by atoms with van der Waals surface area (Å²) in [5, 5.41) is 0. The molecule has 2 saturated heterocycles. The van der Waals surface area contributed by atoms with Gasteiger partial charge in [0.25, 0.3) is 5.91 Å². The van der Waals surface area contributed by atoms with E-state index < -0.39 is 6.10 Å². The fourth-order valence-electron chi connectivity index (χ4n) is 3.95. The average Bonchev–Trinajstić information content (AvgIpc) is 2.64. The van der Waals surface area contributed by atoms with Gasteiger partial charge in [-0.05, 0) is 69.7 Å². The predicted octanol–water partition coefficient (Wildman–Crippen LogP) is 2.82. The molecule has 1 aromatic rings. The van der Waals surface area contributed by atoms with Gasteiger partial charge in [0.15, 0.2) is 6.10 Å². The zero-order valence-corrected chi connectivity index (χ0v) is 15.6. The Bertz CT molecular complexity index is 543. The van der Waals surface area contributed by atoms with Gasteiger partial charge in [-0.2, -0.15) is 0 Å². The second kappa shape index (κ2) is 8.65. The summed E-state index contributed by atoms with van der Waals surface area (Å²) in [7, 11) is 0. The Morgan fingerprint density at radius 1 is 1.32 bits per heavy atom. The summed E-state index contributed by atoms with van der Waals surface area (Å²) in [6, 6.07) is 3.66. The molecule has 0 aliphatic carbocycles. The van der Waals surface area contributed by atoms with Gasteiger partial charge in [0.1, 0.15) is 5.75 Å². The summed E-state index contributed by atoms with van der Waals surface area (Å²) < 4.78 is 5.76. The Balaban J connectivity index is 1.49. The Hall–Kier alpha value is -1.62. The third-order valence-electron chi connectivity index (χ3n) is 5.52. The fraction of sp³-hybridized carbons (Fsp3) is 0.700. The van der Waals surface area contributed by atoms with Crippen molar-refractivity contribution in [3.8, 4) is 5.75 Å². The van der Waals surface area contributed by atoms with E-state index in [1.165, 1.54) is 32.4 Å². The highest BCUT2D eigenvalue weighted by molar-refractivity contribution is 5.81. The predicted molar refractivity (Wildman–Crippen MR) is 98.5 cm³/mol. The maximum atomic E-state index is 12.8. The molecule has 5 nitrogen and oxygen atoms in total. The molecule has 2 fully saturated rings. The van der Waals surface area contributed by atoms with E-state index in [0.717, 1.165) is 32.0 Å². The van der Waals surface area contributed by atoms with Crippen LogP contribution >= 0.6 is 0 Å². The molecular weight excluding hydrogens is 314 g/mol. The Kier molecular flexibility index (Phi) is 6.29. The van der Waals surface area contributed by atoms with Crippen LogP contribution in [0.5, 0.6) is 5.75 Å². The van der Waals surface area contributed by atoms with Crippen LogP contribution in [0.2, 0.25) is 0 Å². The first-order valence-electron chi connectivity index (χ1n) is 9.69. The lowest BCUT2D eigenvalue weighted by molar-refractivity contribution is -0.140. The fourth-order valence-corrected chi connectivity index (χ4v) is 3.95. The Morgan fingerprint density at radius 2 is 2.12 bits per heavy atom. The number of ether oxygens (including phenoxy) is 1. The van der Waals surface area contributed by atoms with Gasteiger partial charge in [0, 0.05) is 25.8 Å². The van der Waals surface area contributed by atoms with Gasteiger partial charge in [0.2, 0.25) is 0 Å². The first-order chi connectivity index (χ1) is 12.1. The zero-order chi connectivity index (χ0) is 17.6. The van der Waals surface area contributed by atoms with Crippen LogP contribution in [0, 0.1) is 11.8 Å². The molecule has 0 radical (unpaired) electrons. The third-order valence-corrected chi connectivity index (χ3v) is 5.52. The van der Waals surface area contributed by atoms with Crippen molar-refractivity contribution < 1.29 is 9.53 Å². The van der Waals surface area contributed by atoms with E-state index in [0.29, 0.717) is 11.7 Å². The lowest BCUT2D eigenvalue weighted by Gasteiger charge is -2.38. The zero-order valence-electron chi connectivity index (χ0n) is 15.6. The smallest absolute Gasteiger partial charge is 0.263 e. The summed E-state index contributed by atoms with van der Waals surface area (Å²) in [6.45, 7) is 9.47. The van der Waals surface area contributed by atoms with E-state index in [1.807, 2.05) is 24.0 Å². The standard InChI is InChI=1S/C20H31N3O2/c1-16-7-11-22(12-8-16)14-18-5-4-10-23(15-18)20(24)17(2)25-19-6-3-9-21-13-19/h3,6,9,13,16-18H,4-5,7-8,10-12,14-15H2,1-2H3. The molecular formula is C20H31N3O2. The normalized spacial score (nSPS) is 24.1. The van der Waals surface area contributed by atoms with Crippen LogP contribution in [0.4, 0.5) is 0 Å². The lowest BCUT2D eigenvalue weighted by Crippen LogP contribution is -2.48. The summed E-state index contributed by atoms with van der Waals surface area (Å²) in [6.07, 6.45) is 7.85. The van der Waals surface area contributed by atoms with Gasteiger partial charge in [-0.3, -0.25) is 9.78 Å². The minimum absolute atomic E-state index is 0.0980. The molecule has 2 atom stereocenters. The summed E-state index contributed by atoms with van der Waals surface area (Å²) in [5.41, 5.74) is 0. The maximum Gasteiger partial charge on any atom is 0.263 e. The van der Waals surface area contributed by atoms with Crippen molar-refractivity contribution in [2.45, 2.75) is 45.6 Å². The molecule has 0 N–H and O–H groups in total. The highest BCUT2D eigenvalue weighted by Gasteiger charge is 2.29. The van der Waals surface area contributed by atoms with Crippen LogP contribution in [0.25, 0.3) is 0 Å². The number of amides is 1. The highest BCUT2D eigenvalue weighted by Crippen LogP contribution is 2.22. The molecule has 0 spiro atoms. The number of piperidine rings is 2. The van der Waals surface area contributed by atoms with Crippen molar-refractivity contribution in [1.29, 1.82) is 0 Å². The molecule has 5 heteroatoms. The van der Waals surface area contributed by atoms with Crippen LogP contribution in [0.15, 0.2) is 24.5 Å². The molecule has 1 aromatic heterocycles. The van der Waals surface area contributed by atoms with Gasteiger partial charge in [-0.1, -0.05) is 6.92 Å². The molecule has 3 heterocycles. The van der Waals surface area contributed by atoms with Crippen molar-refractivity contribution in [3.63, 3.8) is 0 Å². The van der Waals surface area contributed by atoms with Crippen LogP contribution in [0.1, 0.15) is 39.5 Å². The number of carbonyl (C=O) groups excluding carboxylic acids is 1. The van der Waals surface area contributed by atoms with Crippen molar-refractivity contribution in [2.24, 2.45) is 11.8 Å². The van der Waals surface area contributed by atoms with E-state index in [9.17, 15) is 4.79 Å². The van der Waals surface area contributed by atoms with Gasteiger partial charge in [-0.25, -0.2) is 0 Å². The topological polar surface area (TPSA) is 45.7 Å². The monoisotopic (exact) mass is 345 g/mol. The number of hydrogen-bond donors (Lipinski definition) is 0. The molecule has 0 aromatic carbocycles. The van der Waals surface area contributed by atoms with Crippen LogP contribution in [-0.4, -0.2) is 59.5 Å². The molecule has 2 unspecified atom stereocenters. The molecule has 25 heavy (non-hydrogen) atoms. The second-order valence-corrected chi connectivity index (χ2v) is 7.72. The van der Waals surface area contributed by atoms with Gasteiger partial charge in [0.05, 0.1) is 6.20 Å². The van der Waals surface area contributed by atoms with Crippen molar-refractivity contribution in [2.75, 3.05) is 32.7 Å². The molecule has 0 saturated carbocycles. The summed E-state index contributed by atoms with van der Waals surface area (Å²) >= 11 is 0. The van der Waals surface area contributed by atoms with Crippen molar-refractivity contribution in [1.82, 2.24) is 14.8 Å². The van der Waals surface area contributed by atoms with Crippen LogP contribution in [-0.2, 0) is 4.79 Å². The first-order valence-corrected chi connectivity index (χ1v) is 9.69. The number of nitrogens with zero attached hydrogens (tertiary/aromatic N) is 3. The highest BCUT2D eigenvalue weighted by atomic mass is 16.5. The van der Waals surface area contributed by atoms with E-state index in [-0.39, 0.29) is 5.91 Å². The van der Waals surface area contributed by atoms with Crippen LogP contribution < -0.4 is 4.74 Å². The second-order valence-electron chi connectivity index (χ2n) is 7.72. The average molecular weight is 345 g/mol. The summed E-state index contributed by atoms with van der Waals surface area (Å²) in [4.78, 5) is 21.4. The molecule has 3 rings (SSSR count). The molecule has 2 aliphatic heterocycles. The van der Waals surface area contributed by atoms with E-state index in [2.05, 4.69) is 16.8 Å². The molecule has 2 aliphatic rings. The maximum absolute atomic E-state index is 12.8. The lowest BCUT2D eigenvalue weighted by atomic mass is 9.94. The van der Waals surface area contributed by atoms with Crippen LogP contribution in [0.3, 0.4) is 0 Å². The number of likely N-dealkylation sites (tertiary alicyclic amines) is 2. The van der Waals surface area contributed by atoms with E-state index in [1.54, 1.807) is 12.4 Å². The van der Waals surface area contributed by atoms with Gasteiger partial charge >= 0.3 is 0 Å². The SMILES string of the molecule is CC1CCN(CC2CCCN(C(=O)C(C)Oc3cccnc3)C2)CC1. The Morgan fingerprint density at radius 3 is 2.84 bits per heavy atom. The minimum atomic E-state index is -0.459. The number of hydrogen-bond acceptors (Lipinski definition) is 4. The number of rotatable bonds is 5. The van der Waals surface area contributed by atoms with Crippen molar-refractivity contribution in [3.05, 3.63) is 24.5 Å². The number of pyridine rings is 1. The van der Waals surface area contributed by atoms with Gasteiger partial charge in [-0.15, -0.1) is 0 Å². The molecule has 138 valence electrons. The van der Waals surface area contributed by atoms with Crippen molar-refractivity contribution >= 4 is 5.91 Å². The van der Waals surface area contributed by atoms with Gasteiger partial charge < -0.3 is 14.5 Å².